The van der Waals surface area contributed by atoms with Crippen LogP contribution in [0.4, 0.5) is 4.79 Å². The Bertz CT molecular complexity index is 330. The number of hydrogen-bond donors (Lipinski definition) is 1. The lowest BCUT2D eigenvalue weighted by Gasteiger charge is -2.48. The summed E-state index contributed by atoms with van der Waals surface area (Å²) in [5, 5.41) is 3.43. The molecule has 0 bridgehead atoms. The van der Waals surface area contributed by atoms with Gasteiger partial charge in [0.1, 0.15) is 0 Å². The summed E-state index contributed by atoms with van der Waals surface area (Å²) < 4.78 is 5.00. The molecule has 1 heterocycles. The van der Waals surface area contributed by atoms with Gasteiger partial charge in [0.15, 0.2) is 0 Å². The van der Waals surface area contributed by atoms with Crippen LogP contribution in [-0.4, -0.2) is 67.8 Å². The monoisotopic (exact) mass is 313 g/mol. The highest BCUT2D eigenvalue weighted by molar-refractivity contribution is 5.67. The van der Waals surface area contributed by atoms with Gasteiger partial charge in [-0.3, -0.25) is 4.90 Å². The van der Waals surface area contributed by atoms with Gasteiger partial charge in [-0.05, 0) is 25.2 Å². The predicted octanol–water partition coefficient (Wildman–Crippen LogP) is 2.56. The molecule has 1 aliphatic heterocycles. The third-order valence-electron chi connectivity index (χ3n) is 4.65. The molecule has 1 N–H and O–H groups in total. The fourth-order valence-electron chi connectivity index (χ4n) is 3.66. The molecule has 0 spiro atoms. The van der Waals surface area contributed by atoms with Gasteiger partial charge in [0.2, 0.25) is 0 Å². The van der Waals surface area contributed by atoms with Crippen LogP contribution in [-0.2, 0) is 4.74 Å². The summed E-state index contributed by atoms with van der Waals surface area (Å²) in [6.07, 6.45) is 2.93. The number of carbonyl (C=O) groups is 1. The molecular formula is C17H35N3O2. The van der Waals surface area contributed by atoms with E-state index in [4.69, 9.17) is 4.74 Å². The third kappa shape index (κ3) is 5.13. The second kappa shape index (κ2) is 9.36. The van der Waals surface area contributed by atoms with E-state index in [1.54, 1.807) is 0 Å². The van der Waals surface area contributed by atoms with Gasteiger partial charge in [0, 0.05) is 44.8 Å². The maximum atomic E-state index is 12.1. The van der Waals surface area contributed by atoms with E-state index in [-0.39, 0.29) is 11.6 Å². The highest BCUT2D eigenvalue weighted by Gasteiger charge is 2.39. The van der Waals surface area contributed by atoms with Crippen molar-refractivity contribution in [3.05, 3.63) is 0 Å². The van der Waals surface area contributed by atoms with Crippen LogP contribution >= 0.6 is 0 Å². The first-order valence-electron chi connectivity index (χ1n) is 8.77. The molecule has 0 aliphatic carbocycles. The van der Waals surface area contributed by atoms with Gasteiger partial charge in [-0.25, -0.2) is 4.79 Å². The van der Waals surface area contributed by atoms with Gasteiger partial charge in [-0.1, -0.05) is 27.7 Å². The first kappa shape index (κ1) is 19.2. The maximum absolute atomic E-state index is 12.1. The number of carbonyl (C=O) groups excluding carboxylic acids is 1. The minimum absolute atomic E-state index is 0.0552. The Morgan fingerprint density at radius 1 is 1.32 bits per heavy atom. The molecule has 1 atom stereocenters. The molecule has 130 valence electrons. The molecule has 0 aromatic rings. The number of piperazine rings is 1. The van der Waals surface area contributed by atoms with Crippen molar-refractivity contribution in [1.82, 2.24) is 15.1 Å². The number of nitrogens with zero attached hydrogens (tertiary/aromatic N) is 2. The number of ether oxygens (including phenoxy) is 1. The summed E-state index contributed by atoms with van der Waals surface area (Å²) in [7, 11) is 1.48. The van der Waals surface area contributed by atoms with Crippen molar-refractivity contribution in [3.63, 3.8) is 0 Å². The third-order valence-corrected chi connectivity index (χ3v) is 4.65. The van der Waals surface area contributed by atoms with Crippen molar-refractivity contribution in [2.75, 3.05) is 46.4 Å². The lowest BCUT2D eigenvalue weighted by Crippen LogP contribution is -2.61. The Kier molecular flexibility index (Phi) is 8.18. The van der Waals surface area contributed by atoms with Crippen molar-refractivity contribution in [2.24, 2.45) is 5.92 Å². The molecule has 1 saturated heterocycles. The Morgan fingerprint density at radius 2 is 1.95 bits per heavy atom. The Balaban J connectivity index is 2.97. The van der Waals surface area contributed by atoms with Crippen molar-refractivity contribution in [1.29, 1.82) is 0 Å². The van der Waals surface area contributed by atoms with Crippen LogP contribution < -0.4 is 5.32 Å². The highest BCUT2D eigenvalue weighted by atomic mass is 16.5. The summed E-state index contributed by atoms with van der Waals surface area (Å²) in [5.41, 5.74) is 0.0552. The van der Waals surface area contributed by atoms with Gasteiger partial charge in [0.05, 0.1) is 7.11 Å². The lowest BCUT2D eigenvalue weighted by molar-refractivity contribution is 0.0166. The minimum Gasteiger partial charge on any atom is -0.453 e. The van der Waals surface area contributed by atoms with Crippen molar-refractivity contribution >= 4 is 6.09 Å². The van der Waals surface area contributed by atoms with Gasteiger partial charge < -0.3 is 15.0 Å². The molecule has 5 nitrogen and oxygen atoms in total. The fourth-order valence-corrected chi connectivity index (χ4v) is 3.66. The SMILES string of the molecule is CCCN(CC(CC)(CC(C)C)N1CCNCC1)C(=O)OC. The molecule has 1 rings (SSSR count). The molecule has 1 unspecified atom stereocenters. The molecule has 1 fully saturated rings. The standard InChI is InChI=1S/C17H35N3O2/c1-6-10-19(16(21)22-5)14-17(7-2,13-15(3)4)20-11-8-18-9-12-20/h15,18H,6-14H2,1-5H3. The fraction of sp³-hybridized carbons (Fsp3) is 0.941. The highest BCUT2D eigenvalue weighted by Crippen LogP contribution is 2.30. The molecular weight excluding hydrogens is 278 g/mol. The summed E-state index contributed by atoms with van der Waals surface area (Å²) in [5.74, 6) is 0.607. The topological polar surface area (TPSA) is 44.8 Å². The van der Waals surface area contributed by atoms with Crippen molar-refractivity contribution < 1.29 is 9.53 Å². The quantitative estimate of drug-likeness (QED) is 0.748. The van der Waals surface area contributed by atoms with E-state index < -0.39 is 0 Å². The van der Waals surface area contributed by atoms with Crippen LogP contribution in [0.5, 0.6) is 0 Å². The summed E-state index contributed by atoms with van der Waals surface area (Å²) in [6, 6.07) is 0. The smallest absolute Gasteiger partial charge is 0.409 e. The first-order chi connectivity index (χ1) is 10.5. The van der Waals surface area contributed by atoms with E-state index >= 15 is 0 Å². The van der Waals surface area contributed by atoms with E-state index in [0.29, 0.717) is 5.92 Å². The van der Waals surface area contributed by atoms with Gasteiger partial charge >= 0.3 is 6.09 Å². The van der Waals surface area contributed by atoms with E-state index in [9.17, 15) is 4.79 Å². The van der Waals surface area contributed by atoms with E-state index in [1.165, 1.54) is 7.11 Å². The van der Waals surface area contributed by atoms with Crippen LogP contribution in [0.3, 0.4) is 0 Å². The molecule has 1 amide bonds. The molecule has 1 aliphatic rings. The second-order valence-electron chi connectivity index (χ2n) is 6.80. The lowest BCUT2D eigenvalue weighted by atomic mass is 9.83. The number of nitrogens with one attached hydrogen (secondary N) is 1. The maximum Gasteiger partial charge on any atom is 0.409 e. The number of amides is 1. The molecule has 0 aromatic carbocycles. The zero-order valence-corrected chi connectivity index (χ0v) is 15.2. The molecule has 5 heteroatoms. The molecule has 0 saturated carbocycles. The van der Waals surface area contributed by atoms with Crippen LogP contribution in [0.15, 0.2) is 0 Å². The number of methoxy groups -OCH3 is 1. The van der Waals surface area contributed by atoms with Crippen LogP contribution in [0.2, 0.25) is 0 Å². The van der Waals surface area contributed by atoms with Crippen LogP contribution in [0.1, 0.15) is 47.0 Å². The van der Waals surface area contributed by atoms with Crippen molar-refractivity contribution in [3.8, 4) is 0 Å². The Morgan fingerprint density at radius 3 is 2.41 bits per heavy atom. The average molecular weight is 313 g/mol. The predicted molar refractivity (Wildman–Crippen MR) is 91.2 cm³/mol. The van der Waals surface area contributed by atoms with Gasteiger partial charge in [-0.15, -0.1) is 0 Å². The molecule has 0 radical (unpaired) electrons. The second-order valence-corrected chi connectivity index (χ2v) is 6.80. The zero-order valence-electron chi connectivity index (χ0n) is 15.2. The summed E-state index contributed by atoms with van der Waals surface area (Å²) in [4.78, 5) is 16.6. The van der Waals surface area contributed by atoms with Gasteiger partial charge in [0.25, 0.3) is 0 Å². The summed E-state index contributed by atoms with van der Waals surface area (Å²) >= 11 is 0. The Hall–Kier alpha value is -0.810. The summed E-state index contributed by atoms with van der Waals surface area (Å²) in [6.45, 7) is 14.6. The minimum atomic E-state index is -0.196. The number of rotatable bonds is 8. The van der Waals surface area contributed by atoms with Crippen LogP contribution in [0.25, 0.3) is 0 Å². The van der Waals surface area contributed by atoms with E-state index in [1.807, 2.05) is 4.90 Å². The normalized spacial score (nSPS) is 19.0. The zero-order chi connectivity index (χ0) is 16.6. The largest absolute Gasteiger partial charge is 0.453 e. The van der Waals surface area contributed by atoms with Gasteiger partial charge in [-0.2, -0.15) is 0 Å². The first-order valence-corrected chi connectivity index (χ1v) is 8.77. The van der Waals surface area contributed by atoms with Crippen molar-refractivity contribution in [2.45, 2.75) is 52.5 Å². The molecule has 22 heavy (non-hydrogen) atoms. The van der Waals surface area contributed by atoms with E-state index in [0.717, 1.165) is 58.5 Å². The average Bonchev–Trinajstić information content (AvgIpc) is 2.53. The van der Waals surface area contributed by atoms with E-state index in [2.05, 4.69) is 37.9 Å². The Labute approximate surface area is 136 Å². The number of hydrogen-bond acceptors (Lipinski definition) is 4. The molecule has 0 aromatic heterocycles. The van der Waals surface area contributed by atoms with Crippen LogP contribution in [0, 0.1) is 5.92 Å².